The van der Waals surface area contributed by atoms with Crippen LogP contribution >= 0.6 is 0 Å². The minimum absolute atomic E-state index is 0.444. The van der Waals surface area contributed by atoms with Gasteiger partial charge in [0.05, 0.1) is 12.1 Å². The summed E-state index contributed by atoms with van der Waals surface area (Å²) in [6, 6.07) is 0.444. The summed E-state index contributed by atoms with van der Waals surface area (Å²) in [6.45, 7) is 7.34. The number of hydrogen-bond donors (Lipinski definition) is 3. The van der Waals surface area contributed by atoms with Gasteiger partial charge in [-0.1, -0.05) is 26.0 Å². The highest BCUT2D eigenvalue weighted by atomic mass is 16.3. The van der Waals surface area contributed by atoms with E-state index in [2.05, 4.69) is 34.7 Å². The maximum Gasteiger partial charge on any atom is 0.191 e. The van der Waals surface area contributed by atoms with Gasteiger partial charge in [-0.15, -0.1) is 0 Å². The summed E-state index contributed by atoms with van der Waals surface area (Å²) in [6.07, 6.45) is 7.95. The molecule has 0 bridgehead atoms. The van der Waals surface area contributed by atoms with Crippen LogP contribution in [-0.4, -0.2) is 35.8 Å². The fraction of sp³-hybridized carbons (Fsp3) is 0.786. The third-order valence-corrected chi connectivity index (χ3v) is 3.54. The van der Waals surface area contributed by atoms with E-state index in [4.69, 9.17) is 0 Å². The fourth-order valence-corrected chi connectivity index (χ4v) is 1.95. The summed E-state index contributed by atoms with van der Waals surface area (Å²) in [5.41, 5.74) is -0.670. The van der Waals surface area contributed by atoms with E-state index in [9.17, 15) is 5.11 Å². The maximum absolute atomic E-state index is 10.2. The molecular formula is C14H27N3O. The van der Waals surface area contributed by atoms with Crippen LogP contribution in [0.2, 0.25) is 0 Å². The van der Waals surface area contributed by atoms with Crippen LogP contribution in [0.15, 0.2) is 17.1 Å². The second kappa shape index (κ2) is 7.41. The summed E-state index contributed by atoms with van der Waals surface area (Å²) >= 11 is 0. The van der Waals surface area contributed by atoms with E-state index in [-0.39, 0.29) is 0 Å². The quantitative estimate of drug-likeness (QED) is 0.384. The zero-order chi connectivity index (χ0) is 13.4. The highest BCUT2D eigenvalue weighted by Gasteiger charge is 2.22. The van der Waals surface area contributed by atoms with Crippen LogP contribution in [0.1, 0.15) is 46.5 Å². The number of aliphatic hydroxyl groups is 1. The van der Waals surface area contributed by atoms with Crippen LogP contribution in [0, 0.1) is 0 Å². The molecule has 0 unspecified atom stereocenters. The third-order valence-electron chi connectivity index (χ3n) is 3.54. The Bertz CT molecular complexity index is 287. The van der Waals surface area contributed by atoms with E-state index in [0.717, 1.165) is 38.2 Å². The average Bonchev–Trinajstić information content (AvgIpc) is 2.89. The zero-order valence-corrected chi connectivity index (χ0v) is 11.9. The van der Waals surface area contributed by atoms with Gasteiger partial charge in [-0.3, -0.25) is 4.99 Å². The number of hydrogen-bond acceptors (Lipinski definition) is 2. The normalized spacial score (nSPS) is 17.2. The number of aliphatic imine (C=N–C) groups is 1. The molecule has 0 aliphatic heterocycles. The first-order valence-corrected chi connectivity index (χ1v) is 7.05. The first kappa shape index (κ1) is 15.0. The van der Waals surface area contributed by atoms with Crippen LogP contribution < -0.4 is 10.6 Å². The predicted molar refractivity (Wildman–Crippen MR) is 76.8 cm³/mol. The lowest BCUT2D eigenvalue weighted by atomic mass is 9.98. The van der Waals surface area contributed by atoms with Crippen molar-refractivity contribution in [1.29, 1.82) is 0 Å². The van der Waals surface area contributed by atoms with Crippen molar-refractivity contribution in [3.05, 3.63) is 12.2 Å². The molecule has 0 spiro atoms. The van der Waals surface area contributed by atoms with Gasteiger partial charge in [-0.2, -0.15) is 0 Å². The zero-order valence-electron chi connectivity index (χ0n) is 11.9. The van der Waals surface area contributed by atoms with Crippen molar-refractivity contribution in [2.45, 2.75) is 58.1 Å². The van der Waals surface area contributed by atoms with E-state index >= 15 is 0 Å². The number of nitrogens with one attached hydrogen (secondary N) is 2. The molecule has 0 atom stereocenters. The van der Waals surface area contributed by atoms with Crippen molar-refractivity contribution in [1.82, 2.24) is 10.6 Å². The maximum atomic E-state index is 10.2. The lowest BCUT2D eigenvalue weighted by molar-refractivity contribution is 0.0417. The minimum Gasteiger partial charge on any atom is -0.388 e. The summed E-state index contributed by atoms with van der Waals surface area (Å²) in [5.74, 6) is 0.812. The topological polar surface area (TPSA) is 56.7 Å². The van der Waals surface area contributed by atoms with E-state index < -0.39 is 5.60 Å². The standard InChI is InChI=1S/C14H27N3O/c1-4-14(18,5-2)11-16-13(15-6-3)17-12-9-7-8-10-12/h7-8,12,18H,4-6,9-11H2,1-3H3,(H2,15,16,17). The molecule has 4 nitrogen and oxygen atoms in total. The van der Waals surface area contributed by atoms with Crippen LogP contribution in [-0.2, 0) is 0 Å². The van der Waals surface area contributed by atoms with Crippen molar-refractivity contribution in [2.75, 3.05) is 13.1 Å². The monoisotopic (exact) mass is 253 g/mol. The Kier molecular flexibility index (Phi) is 6.19. The van der Waals surface area contributed by atoms with Crippen molar-refractivity contribution in [3.63, 3.8) is 0 Å². The molecule has 0 aromatic rings. The number of guanidine groups is 1. The second-order valence-electron chi connectivity index (χ2n) is 4.91. The molecule has 0 heterocycles. The molecule has 3 N–H and O–H groups in total. The van der Waals surface area contributed by atoms with Crippen molar-refractivity contribution < 1.29 is 5.11 Å². The molecule has 1 aliphatic rings. The molecule has 0 saturated carbocycles. The van der Waals surface area contributed by atoms with Gasteiger partial charge in [0, 0.05) is 12.6 Å². The van der Waals surface area contributed by atoms with E-state index in [1.54, 1.807) is 0 Å². The van der Waals surface area contributed by atoms with Crippen LogP contribution in [0.3, 0.4) is 0 Å². The minimum atomic E-state index is -0.670. The van der Waals surface area contributed by atoms with Gasteiger partial charge < -0.3 is 15.7 Å². The second-order valence-corrected chi connectivity index (χ2v) is 4.91. The summed E-state index contributed by atoms with van der Waals surface area (Å²) < 4.78 is 0. The van der Waals surface area contributed by atoms with Crippen LogP contribution in [0.4, 0.5) is 0 Å². The smallest absolute Gasteiger partial charge is 0.191 e. The Hall–Kier alpha value is -1.03. The van der Waals surface area contributed by atoms with Gasteiger partial charge in [0.15, 0.2) is 5.96 Å². The molecule has 0 aromatic heterocycles. The molecule has 4 heteroatoms. The molecule has 0 amide bonds. The van der Waals surface area contributed by atoms with E-state index in [1.165, 1.54) is 0 Å². The molecule has 1 rings (SSSR count). The van der Waals surface area contributed by atoms with Crippen molar-refractivity contribution in [3.8, 4) is 0 Å². The largest absolute Gasteiger partial charge is 0.388 e. The summed E-state index contributed by atoms with van der Waals surface area (Å²) in [7, 11) is 0. The highest BCUT2D eigenvalue weighted by Crippen LogP contribution is 2.15. The van der Waals surface area contributed by atoms with Crippen LogP contribution in [0.25, 0.3) is 0 Å². The van der Waals surface area contributed by atoms with Crippen LogP contribution in [0.5, 0.6) is 0 Å². The third kappa shape index (κ3) is 4.69. The lowest BCUT2D eigenvalue weighted by Gasteiger charge is -2.24. The molecule has 0 aromatic carbocycles. The number of rotatable bonds is 6. The predicted octanol–water partition coefficient (Wildman–Crippen LogP) is 1.81. The summed E-state index contributed by atoms with van der Waals surface area (Å²) in [4.78, 5) is 4.51. The average molecular weight is 253 g/mol. The molecule has 18 heavy (non-hydrogen) atoms. The van der Waals surface area contributed by atoms with Gasteiger partial charge in [0.25, 0.3) is 0 Å². The Morgan fingerprint density at radius 1 is 1.28 bits per heavy atom. The molecular weight excluding hydrogens is 226 g/mol. The molecule has 0 fully saturated rings. The van der Waals surface area contributed by atoms with Gasteiger partial charge in [0.1, 0.15) is 0 Å². The van der Waals surface area contributed by atoms with Crippen molar-refractivity contribution in [2.24, 2.45) is 4.99 Å². The number of nitrogens with zero attached hydrogens (tertiary/aromatic N) is 1. The molecule has 104 valence electrons. The SMILES string of the molecule is CCNC(=NCC(O)(CC)CC)NC1CC=CC1. The Balaban J connectivity index is 2.53. The first-order valence-electron chi connectivity index (χ1n) is 7.05. The highest BCUT2D eigenvalue weighted by molar-refractivity contribution is 5.80. The molecule has 0 saturated heterocycles. The van der Waals surface area contributed by atoms with E-state index in [0.29, 0.717) is 12.6 Å². The van der Waals surface area contributed by atoms with Gasteiger partial charge in [-0.05, 0) is 32.6 Å². The van der Waals surface area contributed by atoms with Gasteiger partial charge >= 0.3 is 0 Å². The van der Waals surface area contributed by atoms with Gasteiger partial charge in [-0.25, -0.2) is 0 Å². The fourth-order valence-electron chi connectivity index (χ4n) is 1.95. The van der Waals surface area contributed by atoms with Gasteiger partial charge in [0.2, 0.25) is 0 Å². The lowest BCUT2D eigenvalue weighted by Crippen LogP contribution is -2.43. The first-order chi connectivity index (χ1) is 8.63. The van der Waals surface area contributed by atoms with E-state index in [1.807, 2.05) is 13.8 Å². The summed E-state index contributed by atoms with van der Waals surface area (Å²) in [5, 5.41) is 16.9. The molecule has 0 radical (unpaired) electrons. The Labute approximate surface area is 111 Å². The Morgan fingerprint density at radius 2 is 1.89 bits per heavy atom. The molecule has 1 aliphatic carbocycles. The van der Waals surface area contributed by atoms with Crippen molar-refractivity contribution >= 4 is 5.96 Å². The Morgan fingerprint density at radius 3 is 2.39 bits per heavy atom.